The lowest BCUT2D eigenvalue weighted by Crippen LogP contribution is -2.39. The molecule has 2 saturated heterocycles. The predicted octanol–water partition coefficient (Wildman–Crippen LogP) is 2.25. The number of hydrogen-bond acceptors (Lipinski definition) is 6. The van der Waals surface area contributed by atoms with Crippen LogP contribution in [0.2, 0.25) is 0 Å². The third-order valence-electron chi connectivity index (χ3n) is 6.11. The Bertz CT molecular complexity index is 725. The standard InChI is InChI=1S/C20H33N7/c1-24(2)19-8-7-18-21-22-20(27(18)23-19)17-9-13-26(14-10-17)16-15-25-11-5-3-4-6-12-25/h7-8,17H,3-6,9-16H2,1-2H3. The van der Waals surface area contributed by atoms with Gasteiger partial charge in [0.25, 0.3) is 0 Å². The lowest BCUT2D eigenvalue weighted by Gasteiger charge is -2.32. The Morgan fingerprint density at radius 2 is 1.56 bits per heavy atom. The van der Waals surface area contributed by atoms with Crippen LogP contribution >= 0.6 is 0 Å². The van der Waals surface area contributed by atoms with Gasteiger partial charge in [0, 0.05) is 33.1 Å². The van der Waals surface area contributed by atoms with Crippen molar-refractivity contribution >= 4 is 11.5 Å². The van der Waals surface area contributed by atoms with Crippen LogP contribution in [0.3, 0.4) is 0 Å². The van der Waals surface area contributed by atoms with Crippen molar-refractivity contribution in [1.29, 1.82) is 0 Å². The highest BCUT2D eigenvalue weighted by molar-refractivity contribution is 5.45. The summed E-state index contributed by atoms with van der Waals surface area (Å²) < 4.78 is 1.95. The summed E-state index contributed by atoms with van der Waals surface area (Å²) in [7, 11) is 4.03. The highest BCUT2D eigenvalue weighted by Gasteiger charge is 2.25. The van der Waals surface area contributed by atoms with Crippen molar-refractivity contribution < 1.29 is 0 Å². The van der Waals surface area contributed by atoms with Gasteiger partial charge in [0.1, 0.15) is 5.82 Å². The van der Waals surface area contributed by atoms with Crippen LogP contribution in [0.25, 0.3) is 5.65 Å². The van der Waals surface area contributed by atoms with Crippen LogP contribution in [0.5, 0.6) is 0 Å². The fourth-order valence-electron chi connectivity index (χ4n) is 4.35. The number of nitrogens with zero attached hydrogens (tertiary/aromatic N) is 7. The van der Waals surface area contributed by atoms with Crippen molar-refractivity contribution in [2.24, 2.45) is 0 Å². The molecule has 0 spiro atoms. The summed E-state index contributed by atoms with van der Waals surface area (Å²) in [5, 5.41) is 13.5. The highest BCUT2D eigenvalue weighted by atomic mass is 15.4. The summed E-state index contributed by atoms with van der Waals surface area (Å²) in [6.45, 7) is 7.33. The van der Waals surface area contributed by atoms with E-state index in [4.69, 9.17) is 5.10 Å². The van der Waals surface area contributed by atoms with E-state index in [0.717, 1.165) is 43.2 Å². The maximum Gasteiger partial charge on any atom is 0.178 e. The van der Waals surface area contributed by atoms with Crippen LogP contribution in [0.15, 0.2) is 12.1 Å². The monoisotopic (exact) mass is 371 g/mol. The van der Waals surface area contributed by atoms with Crippen LogP contribution in [0, 0.1) is 0 Å². The third kappa shape index (κ3) is 4.41. The predicted molar refractivity (Wildman–Crippen MR) is 108 cm³/mol. The molecule has 2 aliphatic rings. The first-order valence-corrected chi connectivity index (χ1v) is 10.5. The van der Waals surface area contributed by atoms with Gasteiger partial charge < -0.3 is 14.7 Å². The first-order chi connectivity index (χ1) is 13.2. The van der Waals surface area contributed by atoms with Crippen LogP contribution in [-0.2, 0) is 0 Å². The van der Waals surface area contributed by atoms with Gasteiger partial charge in [0.15, 0.2) is 11.5 Å². The van der Waals surface area contributed by atoms with Crippen molar-refractivity contribution in [3.63, 3.8) is 0 Å². The molecule has 4 heterocycles. The molecule has 0 unspecified atom stereocenters. The van der Waals surface area contributed by atoms with Crippen molar-refractivity contribution in [3.05, 3.63) is 18.0 Å². The zero-order valence-electron chi connectivity index (χ0n) is 16.8. The minimum atomic E-state index is 0.458. The summed E-state index contributed by atoms with van der Waals surface area (Å²) >= 11 is 0. The molecule has 0 radical (unpaired) electrons. The summed E-state index contributed by atoms with van der Waals surface area (Å²) in [6, 6.07) is 4.01. The van der Waals surface area contributed by atoms with Crippen molar-refractivity contribution in [2.45, 2.75) is 44.4 Å². The summed E-state index contributed by atoms with van der Waals surface area (Å²) in [5.74, 6) is 2.43. The van der Waals surface area contributed by atoms with E-state index in [0.29, 0.717) is 5.92 Å². The molecule has 0 N–H and O–H groups in total. The largest absolute Gasteiger partial charge is 0.361 e. The van der Waals surface area contributed by atoms with Crippen molar-refractivity contribution in [2.75, 3.05) is 58.3 Å². The molecule has 2 aromatic heterocycles. The van der Waals surface area contributed by atoms with Crippen LogP contribution in [0.4, 0.5) is 5.82 Å². The second-order valence-corrected chi connectivity index (χ2v) is 8.29. The Morgan fingerprint density at radius 3 is 2.22 bits per heavy atom. The molecule has 2 fully saturated rings. The fraction of sp³-hybridized carbons (Fsp3) is 0.750. The van der Waals surface area contributed by atoms with Crippen LogP contribution in [0.1, 0.15) is 50.3 Å². The van der Waals surface area contributed by atoms with E-state index < -0.39 is 0 Å². The van der Waals surface area contributed by atoms with Crippen molar-refractivity contribution in [3.8, 4) is 0 Å². The smallest absolute Gasteiger partial charge is 0.178 e. The van der Waals surface area contributed by atoms with Gasteiger partial charge in [0.2, 0.25) is 0 Å². The van der Waals surface area contributed by atoms with E-state index in [-0.39, 0.29) is 0 Å². The number of hydrogen-bond donors (Lipinski definition) is 0. The average Bonchev–Trinajstić information content (AvgIpc) is 2.93. The molecule has 2 aliphatic heterocycles. The third-order valence-corrected chi connectivity index (χ3v) is 6.11. The van der Waals surface area contributed by atoms with E-state index in [9.17, 15) is 0 Å². The van der Waals surface area contributed by atoms with Crippen LogP contribution in [-0.4, -0.2) is 83.0 Å². The Hall–Kier alpha value is -1.73. The molecular formula is C20H33N7. The van der Waals surface area contributed by atoms with E-state index in [1.165, 1.54) is 51.9 Å². The maximum atomic E-state index is 4.73. The Labute approximate surface area is 162 Å². The Balaban J connectivity index is 1.33. The summed E-state index contributed by atoms with van der Waals surface area (Å²) in [5.41, 5.74) is 0.846. The molecule has 7 heteroatoms. The van der Waals surface area contributed by atoms with Gasteiger partial charge in [-0.1, -0.05) is 12.8 Å². The van der Waals surface area contributed by atoms with Crippen LogP contribution < -0.4 is 4.90 Å². The second-order valence-electron chi connectivity index (χ2n) is 8.29. The van der Waals surface area contributed by atoms with Gasteiger partial charge in [-0.05, 0) is 64.0 Å². The van der Waals surface area contributed by atoms with Gasteiger partial charge in [0.05, 0.1) is 0 Å². The van der Waals surface area contributed by atoms with E-state index in [2.05, 4.69) is 20.0 Å². The quantitative estimate of drug-likeness (QED) is 0.803. The Morgan fingerprint density at radius 1 is 0.889 bits per heavy atom. The van der Waals surface area contributed by atoms with E-state index in [1.807, 2.05) is 35.6 Å². The molecule has 0 atom stereocenters. The maximum absolute atomic E-state index is 4.73. The molecule has 0 saturated carbocycles. The first kappa shape index (κ1) is 18.6. The second kappa shape index (κ2) is 8.52. The molecule has 4 rings (SSSR count). The molecule has 0 bridgehead atoms. The Kier molecular flexibility index (Phi) is 5.88. The van der Waals surface area contributed by atoms with Gasteiger partial charge >= 0.3 is 0 Å². The van der Waals surface area contributed by atoms with Crippen molar-refractivity contribution in [1.82, 2.24) is 29.6 Å². The molecule has 27 heavy (non-hydrogen) atoms. The number of piperidine rings is 1. The van der Waals surface area contributed by atoms with Gasteiger partial charge in [-0.25, -0.2) is 0 Å². The molecular weight excluding hydrogens is 338 g/mol. The fourth-order valence-corrected chi connectivity index (χ4v) is 4.35. The number of aromatic nitrogens is 4. The average molecular weight is 372 g/mol. The lowest BCUT2D eigenvalue weighted by molar-refractivity contribution is 0.172. The molecule has 0 amide bonds. The topological polar surface area (TPSA) is 52.8 Å². The molecule has 2 aromatic rings. The highest BCUT2D eigenvalue weighted by Crippen LogP contribution is 2.27. The minimum absolute atomic E-state index is 0.458. The lowest BCUT2D eigenvalue weighted by atomic mass is 9.96. The normalized spacial score (nSPS) is 20.8. The van der Waals surface area contributed by atoms with Gasteiger partial charge in [-0.3, -0.25) is 0 Å². The van der Waals surface area contributed by atoms with Gasteiger partial charge in [-0.15, -0.1) is 15.3 Å². The van der Waals surface area contributed by atoms with Gasteiger partial charge in [-0.2, -0.15) is 4.52 Å². The summed E-state index contributed by atoms with van der Waals surface area (Å²) in [6.07, 6.45) is 7.88. The number of fused-ring (bicyclic) bond motifs is 1. The minimum Gasteiger partial charge on any atom is -0.361 e. The molecule has 148 valence electrons. The number of likely N-dealkylation sites (tertiary alicyclic amines) is 2. The van der Waals surface area contributed by atoms with E-state index >= 15 is 0 Å². The SMILES string of the molecule is CN(C)c1ccc2nnc(C3CCN(CCN4CCCCCC4)CC3)n2n1. The zero-order chi connectivity index (χ0) is 18.6. The first-order valence-electron chi connectivity index (χ1n) is 10.5. The number of rotatable bonds is 5. The number of anilines is 1. The van der Waals surface area contributed by atoms with E-state index in [1.54, 1.807) is 0 Å². The zero-order valence-corrected chi connectivity index (χ0v) is 16.8. The molecule has 7 nitrogen and oxygen atoms in total. The summed E-state index contributed by atoms with van der Waals surface area (Å²) in [4.78, 5) is 7.32. The molecule has 0 aromatic carbocycles. The molecule has 0 aliphatic carbocycles.